The Balaban J connectivity index is 1.73. The van der Waals surface area contributed by atoms with Crippen LogP contribution < -0.4 is 4.74 Å². The highest BCUT2D eigenvalue weighted by molar-refractivity contribution is 7.89. The van der Waals surface area contributed by atoms with Gasteiger partial charge in [0.25, 0.3) is 0 Å². The van der Waals surface area contributed by atoms with E-state index in [4.69, 9.17) is 39.5 Å². The molecule has 0 bridgehead atoms. The molecule has 0 spiro atoms. The van der Waals surface area contributed by atoms with Crippen LogP contribution in [0.1, 0.15) is 28.9 Å². The van der Waals surface area contributed by atoms with Crippen LogP contribution in [0, 0.1) is 6.92 Å². The van der Waals surface area contributed by atoms with E-state index in [0.29, 0.717) is 34.7 Å². The molecule has 2 heterocycles. The minimum Gasteiger partial charge on any atom is -0.419 e. The lowest BCUT2D eigenvalue weighted by Crippen LogP contribution is -2.28. The largest absolute Gasteiger partial charge is 0.419 e. The molecule has 0 aliphatic carbocycles. The summed E-state index contributed by atoms with van der Waals surface area (Å²) in [7, 11) is -3.81. The second-order valence-corrected chi connectivity index (χ2v) is 10.3. The molecule has 162 valence electrons. The summed E-state index contributed by atoms with van der Waals surface area (Å²) in [6, 6.07) is 9.00. The van der Waals surface area contributed by atoms with Crippen LogP contribution in [-0.2, 0) is 10.0 Å². The Kier molecular flexibility index (Phi) is 6.16. The van der Waals surface area contributed by atoms with Crippen molar-refractivity contribution >= 4 is 61.7 Å². The lowest BCUT2D eigenvalue weighted by atomic mass is 10.2. The van der Waals surface area contributed by atoms with Crippen molar-refractivity contribution in [2.45, 2.75) is 24.7 Å². The molecule has 1 aliphatic heterocycles. The Bertz CT molecular complexity index is 1310. The molecule has 1 fully saturated rings. The molecule has 0 amide bonds. The third-order valence-corrected chi connectivity index (χ3v) is 8.00. The van der Waals surface area contributed by atoms with Gasteiger partial charge in [0.1, 0.15) is 10.4 Å². The van der Waals surface area contributed by atoms with Crippen LogP contribution in [0.15, 0.2) is 41.3 Å². The number of hydrogen-bond acceptors (Lipinski definition) is 5. The Hall–Kier alpha value is -1.90. The van der Waals surface area contributed by atoms with E-state index >= 15 is 0 Å². The highest BCUT2D eigenvalue weighted by Crippen LogP contribution is 2.38. The number of carbonyl (C=O) groups is 1. The number of nitrogens with zero attached hydrogens (tertiary/aromatic N) is 2. The zero-order valence-corrected chi connectivity index (χ0v) is 19.4. The highest BCUT2D eigenvalue weighted by atomic mass is 35.5. The van der Waals surface area contributed by atoms with Gasteiger partial charge in [-0.15, -0.1) is 0 Å². The first-order valence-electron chi connectivity index (χ1n) is 9.46. The molecule has 31 heavy (non-hydrogen) atoms. The van der Waals surface area contributed by atoms with Crippen LogP contribution in [0.3, 0.4) is 0 Å². The molecule has 4 rings (SSSR count). The molecular formula is C21H17Cl3N2O4S. The standard InChI is InChI=1S/C21H17Cl3N2O4S/c1-12-4-6-14-16(23)11-17(24)20(19(14)25-12)30-21(27)13-5-7-15(22)18(10-13)31(28,29)26-8-2-3-9-26/h4-7,10-11H,2-3,8-9H2,1H3. The van der Waals surface area contributed by atoms with Gasteiger partial charge < -0.3 is 4.74 Å². The van der Waals surface area contributed by atoms with Gasteiger partial charge in [-0.3, -0.25) is 0 Å². The van der Waals surface area contributed by atoms with E-state index in [2.05, 4.69) is 4.98 Å². The molecule has 0 saturated carbocycles. The number of fused-ring (bicyclic) bond motifs is 1. The van der Waals surface area contributed by atoms with Gasteiger partial charge in [-0.05, 0) is 56.2 Å². The first-order valence-corrected chi connectivity index (χ1v) is 12.0. The molecule has 10 heteroatoms. The maximum absolute atomic E-state index is 12.9. The van der Waals surface area contributed by atoms with Crippen LogP contribution in [0.5, 0.6) is 5.75 Å². The van der Waals surface area contributed by atoms with Gasteiger partial charge in [-0.1, -0.05) is 34.8 Å². The van der Waals surface area contributed by atoms with E-state index in [1.165, 1.54) is 28.6 Å². The van der Waals surface area contributed by atoms with Crippen LogP contribution in [-0.4, -0.2) is 36.8 Å². The number of carbonyl (C=O) groups excluding carboxylic acids is 1. The first-order chi connectivity index (χ1) is 14.7. The van der Waals surface area contributed by atoms with E-state index in [1.54, 1.807) is 19.1 Å². The Morgan fingerprint density at radius 3 is 2.42 bits per heavy atom. The van der Waals surface area contributed by atoms with Gasteiger partial charge in [-0.25, -0.2) is 18.2 Å². The summed E-state index contributed by atoms with van der Waals surface area (Å²) in [6.45, 7) is 2.63. The normalized spacial score (nSPS) is 14.8. The summed E-state index contributed by atoms with van der Waals surface area (Å²) in [5.41, 5.74) is 1.05. The molecule has 0 N–H and O–H groups in total. The average Bonchev–Trinajstić information content (AvgIpc) is 3.26. The molecule has 1 saturated heterocycles. The number of sulfonamides is 1. The lowest BCUT2D eigenvalue weighted by Gasteiger charge is -2.17. The lowest BCUT2D eigenvalue weighted by molar-refractivity contribution is 0.0736. The minimum atomic E-state index is -3.81. The second-order valence-electron chi connectivity index (χ2n) is 7.16. The van der Waals surface area contributed by atoms with E-state index in [9.17, 15) is 13.2 Å². The molecule has 6 nitrogen and oxygen atoms in total. The Labute approximate surface area is 194 Å². The van der Waals surface area contributed by atoms with Crippen LogP contribution in [0.25, 0.3) is 10.9 Å². The van der Waals surface area contributed by atoms with E-state index in [1.807, 2.05) is 0 Å². The first kappa shape index (κ1) is 22.3. The van der Waals surface area contributed by atoms with Crippen molar-refractivity contribution in [1.82, 2.24) is 9.29 Å². The monoisotopic (exact) mass is 498 g/mol. The fraction of sp³-hybridized carbons (Fsp3) is 0.238. The Morgan fingerprint density at radius 2 is 1.71 bits per heavy atom. The van der Waals surface area contributed by atoms with Gasteiger partial charge in [-0.2, -0.15) is 4.31 Å². The smallest absolute Gasteiger partial charge is 0.343 e. The number of rotatable bonds is 4. The zero-order valence-electron chi connectivity index (χ0n) is 16.4. The SMILES string of the molecule is Cc1ccc2c(Cl)cc(Cl)c(OC(=O)c3ccc(Cl)c(S(=O)(=O)N4CCCC4)c3)c2n1. The van der Waals surface area contributed by atoms with Crippen molar-refractivity contribution in [3.05, 3.63) is 62.7 Å². The van der Waals surface area contributed by atoms with Crippen molar-refractivity contribution in [3.63, 3.8) is 0 Å². The second kappa shape index (κ2) is 8.56. The van der Waals surface area contributed by atoms with E-state index in [-0.39, 0.29) is 26.3 Å². The minimum absolute atomic E-state index is 0.0222. The number of aryl methyl sites for hydroxylation is 1. The number of pyridine rings is 1. The predicted octanol–water partition coefficient (Wildman–Crippen LogP) is 5.51. The third kappa shape index (κ3) is 4.25. The molecule has 2 aromatic carbocycles. The summed E-state index contributed by atoms with van der Waals surface area (Å²) in [4.78, 5) is 17.2. The van der Waals surface area contributed by atoms with E-state index < -0.39 is 16.0 Å². The molecule has 0 radical (unpaired) electrons. The number of hydrogen-bond donors (Lipinski definition) is 0. The highest BCUT2D eigenvalue weighted by Gasteiger charge is 2.30. The molecule has 0 atom stereocenters. The van der Waals surface area contributed by atoms with Gasteiger partial charge in [0.05, 0.1) is 20.6 Å². The topological polar surface area (TPSA) is 76.6 Å². The number of halogens is 3. The fourth-order valence-electron chi connectivity index (χ4n) is 3.43. The van der Waals surface area contributed by atoms with Crippen LogP contribution in [0.4, 0.5) is 0 Å². The van der Waals surface area contributed by atoms with Gasteiger partial charge in [0.15, 0.2) is 5.75 Å². The number of esters is 1. The van der Waals surface area contributed by atoms with Gasteiger partial charge in [0.2, 0.25) is 10.0 Å². The fourth-order valence-corrected chi connectivity index (χ4v) is 6.01. The summed E-state index contributed by atoms with van der Waals surface area (Å²) in [5.74, 6) is -0.739. The van der Waals surface area contributed by atoms with Crippen LogP contribution in [0.2, 0.25) is 15.1 Å². The third-order valence-electron chi connectivity index (χ3n) is 5.02. The number of aromatic nitrogens is 1. The average molecular weight is 500 g/mol. The molecular weight excluding hydrogens is 483 g/mol. The van der Waals surface area contributed by atoms with Crippen molar-refractivity contribution in [2.75, 3.05) is 13.1 Å². The predicted molar refractivity (Wildman–Crippen MR) is 121 cm³/mol. The summed E-state index contributed by atoms with van der Waals surface area (Å²) < 4.78 is 32.8. The summed E-state index contributed by atoms with van der Waals surface area (Å²) in [6.07, 6.45) is 1.57. The summed E-state index contributed by atoms with van der Waals surface area (Å²) in [5, 5.41) is 1.10. The van der Waals surface area contributed by atoms with Gasteiger partial charge in [0, 0.05) is 24.2 Å². The Morgan fingerprint density at radius 1 is 1.00 bits per heavy atom. The molecule has 1 aliphatic rings. The quantitative estimate of drug-likeness (QED) is 0.349. The number of benzene rings is 2. The van der Waals surface area contributed by atoms with Crippen molar-refractivity contribution in [3.8, 4) is 5.75 Å². The summed E-state index contributed by atoms with van der Waals surface area (Å²) >= 11 is 18.7. The molecule has 3 aromatic rings. The number of ether oxygens (including phenoxy) is 1. The molecule has 0 unspecified atom stereocenters. The maximum Gasteiger partial charge on any atom is 0.343 e. The van der Waals surface area contributed by atoms with Gasteiger partial charge >= 0.3 is 5.97 Å². The molecule has 1 aromatic heterocycles. The van der Waals surface area contributed by atoms with Crippen molar-refractivity contribution in [2.24, 2.45) is 0 Å². The van der Waals surface area contributed by atoms with Crippen molar-refractivity contribution in [1.29, 1.82) is 0 Å². The maximum atomic E-state index is 12.9. The van der Waals surface area contributed by atoms with E-state index in [0.717, 1.165) is 12.8 Å². The zero-order chi connectivity index (χ0) is 22.3. The van der Waals surface area contributed by atoms with Crippen molar-refractivity contribution < 1.29 is 17.9 Å². The van der Waals surface area contributed by atoms with Crippen LogP contribution >= 0.6 is 34.8 Å².